The second-order valence-corrected chi connectivity index (χ2v) is 15.8. The van der Waals surface area contributed by atoms with E-state index in [1.807, 2.05) is 0 Å². The topological polar surface area (TPSA) is 237 Å². The molecule has 1 unspecified atom stereocenters. The summed E-state index contributed by atoms with van der Waals surface area (Å²) in [5.41, 5.74) is -0.989. The number of halogens is 4. The predicted octanol–water partition coefficient (Wildman–Crippen LogP) is 1.76. The molecule has 0 radical (unpaired) electrons. The molecular formula is C22H20ClF3N6O8S4. The van der Waals surface area contributed by atoms with Gasteiger partial charge in [-0.3, -0.25) is 0 Å². The number of hydrogen-bond acceptors (Lipinski definition) is 10. The van der Waals surface area contributed by atoms with E-state index in [2.05, 4.69) is 19.8 Å². The van der Waals surface area contributed by atoms with E-state index in [9.17, 15) is 46.8 Å². The van der Waals surface area contributed by atoms with Crippen molar-refractivity contribution >= 4 is 69.4 Å². The van der Waals surface area contributed by atoms with Crippen LogP contribution in [0.3, 0.4) is 0 Å². The van der Waals surface area contributed by atoms with E-state index in [1.54, 1.807) is 30.3 Å². The monoisotopic (exact) mass is 716 g/mol. The molecule has 238 valence electrons. The van der Waals surface area contributed by atoms with Gasteiger partial charge in [-0.15, -0.1) is 4.40 Å². The Hall–Kier alpha value is -3.31. The fourth-order valence-electron chi connectivity index (χ4n) is 4.06. The van der Waals surface area contributed by atoms with Gasteiger partial charge in [0.05, 0.1) is 33.0 Å². The summed E-state index contributed by atoms with van der Waals surface area (Å²) in [5, 5.41) is 14.8. The lowest BCUT2D eigenvalue weighted by Gasteiger charge is -2.29. The number of primary sulfonamides is 2. The largest absolute Gasteiger partial charge is 0.417 e. The minimum Gasteiger partial charge on any atom is -0.368 e. The zero-order valence-corrected chi connectivity index (χ0v) is 25.6. The lowest BCUT2D eigenvalue weighted by Crippen LogP contribution is -2.46. The Balaban J connectivity index is 0.000000223. The van der Waals surface area contributed by atoms with Crippen molar-refractivity contribution in [3.8, 4) is 0 Å². The quantitative estimate of drug-likeness (QED) is 0.262. The van der Waals surface area contributed by atoms with Gasteiger partial charge in [0.15, 0.2) is 0 Å². The van der Waals surface area contributed by atoms with Gasteiger partial charge in [0.1, 0.15) is 21.0 Å². The zero-order valence-electron chi connectivity index (χ0n) is 21.6. The highest BCUT2D eigenvalue weighted by Gasteiger charge is 2.40. The molecule has 0 spiro atoms. The SMILES string of the molecule is NS(=O)(=O)c1cc2c(cc1C(F)(F)F)NC(Cc1ccccc1)NS2(=O)=O.NS(=O)(=O)c1cc2c(cc1Cl)NC=NS2(=O)=O. The van der Waals surface area contributed by atoms with Crippen LogP contribution >= 0.6 is 11.6 Å². The van der Waals surface area contributed by atoms with Gasteiger partial charge in [-0.25, -0.2) is 35.5 Å². The molecule has 0 saturated heterocycles. The van der Waals surface area contributed by atoms with Crippen molar-refractivity contribution in [3.05, 3.63) is 70.7 Å². The van der Waals surface area contributed by atoms with Gasteiger partial charge >= 0.3 is 6.18 Å². The molecule has 0 aromatic heterocycles. The summed E-state index contributed by atoms with van der Waals surface area (Å²) in [6.07, 6.45) is -4.81. The van der Waals surface area contributed by atoms with E-state index in [1.165, 1.54) is 6.07 Å². The van der Waals surface area contributed by atoms with Gasteiger partial charge in [-0.2, -0.15) is 26.3 Å². The molecule has 0 saturated carbocycles. The zero-order chi connectivity index (χ0) is 32.9. The van der Waals surface area contributed by atoms with Crippen molar-refractivity contribution in [2.45, 2.75) is 38.3 Å². The van der Waals surface area contributed by atoms with Crippen LogP contribution in [-0.4, -0.2) is 46.2 Å². The molecule has 22 heteroatoms. The van der Waals surface area contributed by atoms with Crippen LogP contribution in [0.5, 0.6) is 0 Å². The van der Waals surface area contributed by atoms with E-state index < -0.39 is 72.7 Å². The normalized spacial score (nSPS) is 18.5. The smallest absolute Gasteiger partial charge is 0.368 e. The summed E-state index contributed by atoms with van der Waals surface area (Å²) >= 11 is 5.70. The Labute approximate surface area is 254 Å². The summed E-state index contributed by atoms with van der Waals surface area (Å²) in [4.78, 5) is -2.67. The van der Waals surface area contributed by atoms with E-state index in [4.69, 9.17) is 21.9 Å². The third kappa shape index (κ3) is 7.31. The molecule has 0 aliphatic carbocycles. The van der Waals surface area contributed by atoms with Crippen LogP contribution < -0.4 is 25.6 Å². The summed E-state index contributed by atoms with van der Waals surface area (Å²) < 4.78 is 139. The number of benzene rings is 3. The number of hydrogen-bond donors (Lipinski definition) is 5. The van der Waals surface area contributed by atoms with Gasteiger partial charge < -0.3 is 10.6 Å². The number of nitrogens with two attached hydrogens (primary N) is 2. The lowest BCUT2D eigenvalue weighted by atomic mass is 10.1. The summed E-state index contributed by atoms with van der Waals surface area (Å²) in [6, 6.07) is 11.6. The molecule has 3 aromatic carbocycles. The first-order chi connectivity index (χ1) is 20.1. The van der Waals surface area contributed by atoms with Crippen LogP contribution in [-0.2, 0) is 52.7 Å². The number of nitrogens with one attached hydrogen (secondary N) is 3. The average Bonchev–Trinajstić information content (AvgIpc) is 2.86. The van der Waals surface area contributed by atoms with Crippen LogP contribution in [0.4, 0.5) is 24.5 Å². The molecule has 2 aliphatic rings. The molecule has 0 fully saturated rings. The van der Waals surface area contributed by atoms with Crippen molar-refractivity contribution < 1.29 is 46.8 Å². The second kappa shape index (κ2) is 11.6. The first-order valence-electron chi connectivity index (χ1n) is 11.6. The molecule has 2 aliphatic heterocycles. The maximum atomic E-state index is 13.3. The molecule has 5 rings (SSSR count). The molecule has 3 aromatic rings. The lowest BCUT2D eigenvalue weighted by molar-refractivity contribution is -0.139. The molecule has 0 bridgehead atoms. The van der Waals surface area contributed by atoms with Crippen LogP contribution in [0.2, 0.25) is 5.02 Å². The number of sulfonamides is 4. The van der Waals surface area contributed by atoms with Crippen molar-refractivity contribution in [1.82, 2.24) is 4.72 Å². The summed E-state index contributed by atoms with van der Waals surface area (Å²) in [7, 11) is -17.1. The molecule has 7 N–H and O–H groups in total. The van der Waals surface area contributed by atoms with Gasteiger partial charge in [0.2, 0.25) is 30.1 Å². The number of fused-ring (bicyclic) bond motifs is 2. The first-order valence-corrected chi connectivity index (χ1v) is 18.0. The third-order valence-corrected chi connectivity index (χ3v) is 11.0. The van der Waals surface area contributed by atoms with E-state index in [0.29, 0.717) is 12.1 Å². The summed E-state index contributed by atoms with van der Waals surface area (Å²) in [5.74, 6) is 0. The summed E-state index contributed by atoms with van der Waals surface area (Å²) in [6.45, 7) is 0. The van der Waals surface area contributed by atoms with Crippen LogP contribution in [0, 0.1) is 0 Å². The molecular weight excluding hydrogens is 697 g/mol. The first kappa shape index (κ1) is 33.6. The van der Waals surface area contributed by atoms with Crippen molar-refractivity contribution in [2.24, 2.45) is 14.7 Å². The number of anilines is 2. The maximum Gasteiger partial charge on any atom is 0.417 e. The molecule has 14 nitrogen and oxygen atoms in total. The highest BCUT2D eigenvalue weighted by atomic mass is 35.5. The Morgan fingerprint density at radius 1 is 0.864 bits per heavy atom. The predicted molar refractivity (Wildman–Crippen MR) is 153 cm³/mol. The third-order valence-electron chi connectivity index (χ3n) is 5.92. The van der Waals surface area contributed by atoms with Crippen molar-refractivity contribution in [1.29, 1.82) is 0 Å². The number of rotatable bonds is 4. The number of nitrogens with zero attached hydrogens (tertiary/aromatic N) is 1. The highest BCUT2D eigenvalue weighted by molar-refractivity contribution is 7.91. The van der Waals surface area contributed by atoms with Gasteiger partial charge in [-0.1, -0.05) is 41.9 Å². The van der Waals surface area contributed by atoms with Crippen LogP contribution in [0.1, 0.15) is 11.1 Å². The van der Waals surface area contributed by atoms with E-state index in [-0.39, 0.29) is 27.7 Å². The molecule has 0 amide bonds. The van der Waals surface area contributed by atoms with E-state index >= 15 is 0 Å². The standard InChI is InChI=1S/C15H14F3N3O4S2.C7H6ClN3O4S2/c16-15(17,18)10-7-11-13(8-12(10)26(19,22)23)27(24,25)21-14(20-11)6-9-4-2-1-3-5-9;8-4-1-5-7(2-6(4)16(9,12)13)17(14,15)11-3-10-5/h1-5,7-8,14,20-21H,6H2,(H2,19,22,23);1-3H,(H,10,11)(H2,9,12,13). The van der Waals surface area contributed by atoms with Crippen molar-refractivity contribution in [2.75, 3.05) is 10.6 Å². The average molecular weight is 717 g/mol. The fraction of sp³-hybridized carbons (Fsp3) is 0.136. The molecule has 44 heavy (non-hydrogen) atoms. The Kier molecular flexibility index (Phi) is 8.82. The minimum absolute atomic E-state index is 0.150. The van der Waals surface area contributed by atoms with Crippen molar-refractivity contribution in [3.63, 3.8) is 0 Å². The highest BCUT2D eigenvalue weighted by Crippen LogP contribution is 2.40. The number of alkyl halides is 3. The minimum atomic E-state index is -5.04. The van der Waals surface area contributed by atoms with Gasteiger partial charge in [-0.05, 0) is 29.8 Å². The second-order valence-electron chi connectivity index (χ2n) is 9.07. The van der Waals surface area contributed by atoms with E-state index in [0.717, 1.165) is 18.0 Å². The van der Waals surface area contributed by atoms with Crippen LogP contribution in [0.15, 0.2) is 78.6 Å². The Morgan fingerprint density at radius 2 is 1.45 bits per heavy atom. The van der Waals surface area contributed by atoms with Gasteiger partial charge in [0, 0.05) is 6.42 Å². The Bertz CT molecular complexity index is 2110. The van der Waals surface area contributed by atoms with Gasteiger partial charge in [0.25, 0.3) is 10.0 Å². The maximum absolute atomic E-state index is 13.3. The Morgan fingerprint density at radius 3 is 2.02 bits per heavy atom. The molecule has 1 atom stereocenters. The molecule has 2 heterocycles. The fourth-order valence-corrected chi connectivity index (χ4v) is 8.37. The van der Waals surface area contributed by atoms with Crippen LogP contribution in [0.25, 0.3) is 0 Å².